The number of aromatic nitrogens is 3. The average molecular weight is 319 g/mol. The van der Waals surface area contributed by atoms with Crippen LogP contribution >= 0.6 is 0 Å². The monoisotopic (exact) mass is 319 g/mol. The summed E-state index contributed by atoms with van der Waals surface area (Å²) in [5, 5.41) is 14.7. The van der Waals surface area contributed by atoms with E-state index in [2.05, 4.69) is 10.1 Å². The fourth-order valence-electron chi connectivity index (χ4n) is 2.94. The van der Waals surface area contributed by atoms with Gasteiger partial charge in [-0.1, -0.05) is 6.92 Å². The van der Waals surface area contributed by atoms with Crippen LogP contribution in [-0.2, 0) is 24.1 Å². The number of aliphatic hydroxyl groups excluding tert-OH is 1. The molecule has 0 aromatic carbocycles. The van der Waals surface area contributed by atoms with Gasteiger partial charge in [0.25, 0.3) is 0 Å². The number of hydrogen-bond donors (Lipinski definition) is 1. The molecule has 0 amide bonds. The lowest BCUT2D eigenvalue weighted by atomic mass is 9.93. The van der Waals surface area contributed by atoms with Crippen molar-refractivity contribution in [3.63, 3.8) is 0 Å². The van der Waals surface area contributed by atoms with E-state index in [1.165, 1.54) is 0 Å². The van der Waals surface area contributed by atoms with Crippen LogP contribution in [0.1, 0.15) is 66.2 Å². The van der Waals surface area contributed by atoms with Gasteiger partial charge in [-0.2, -0.15) is 5.10 Å². The summed E-state index contributed by atoms with van der Waals surface area (Å²) in [5.74, 6) is 0.866. The lowest BCUT2D eigenvalue weighted by Gasteiger charge is -2.19. The number of hydrogen-bond acceptors (Lipinski definition) is 6. The Morgan fingerprint density at radius 2 is 2.35 bits per heavy atom. The summed E-state index contributed by atoms with van der Waals surface area (Å²) in [5.41, 5.74) is 1.75. The Balaban J connectivity index is 1.97. The molecule has 1 atom stereocenters. The molecule has 2 heterocycles. The van der Waals surface area contributed by atoms with Crippen molar-refractivity contribution < 1.29 is 19.1 Å². The lowest BCUT2D eigenvalue weighted by molar-refractivity contribution is 0.0517. The maximum atomic E-state index is 12.1. The maximum Gasteiger partial charge on any atom is 0.359 e. The zero-order chi connectivity index (χ0) is 16.4. The molecule has 2 aromatic heterocycles. The Kier molecular flexibility index (Phi) is 4.47. The fourth-order valence-corrected chi connectivity index (χ4v) is 2.94. The number of carbonyl (C=O) groups excluding carboxylic acids is 1. The number of oxazole rings is 1. The van der Waals surface area contributed by atoms with Gasteiger partial charge in [0.15, 0.2) is 5.69 Å². The molecule has 7 nitrogen and oxygen atoms in total. The van der Waals surface area contributed by atoms with Crippen LogP contribution in [0, 0.1) is 0 Å². The minimum Gasteiger partial charge on any atom is -0.461 e. The van der Waals surface area contributed by atoms with Crippen molar-refractivity contribution in [2.24, 2.45) is 0 Å². The second-order valence-corrected chi connectivity index (χ2v) is 5.57. The Morgan fingerprint density at radius 3 is 3.04 bits per heavy atom. The second-order valence-electron chi connectivity index (χ2n) is 5.57. The van der Waals surface area contributed by atoms with Gasteiger partial charge in [0.05, 0.1) is 24.6 Å². The van der Waals surface area contributed by atoms with Gasteiger partial charge < -0.3 is 14.3 Å². The van der Waals surface area contributed by atoms with Crippen LogP contribution in [0.25, 0.3) is 0 Å². The molecule has 0 aliphatic heterocycles. The first-order chi connectivity index (χ1) is 11.1. The van der Waals surface area contributed by atoms with E-state index in [9.17, 15) is 9.90 Å². The quantitative estimate of drug-likeness (QED) is 0.848. The highest BCUT2D eigenvalue weighted by Gasteiger charge is 2.31. The number of nitrogens with zero attached hydrogens (tertiary/aromatic N) is 3. The van der Waals surface area contributed by atoms with Gasteiger partial charge in [-0.3, -0.25) is 4.68 Å². The van der Waals surface area contributed by atoms with Crippen LogP contribution in [0.3, 0.4) is 0 Å². The molecular weight excluding hydrogens is 298 g/mol. The molecule has 2 aromatic rings. The van der Waals surface area contributed by atoms with Crippen molar-refractivity contribution in [1.82, 2.24) is 14.8 Å². The van der Waals surface area contributed by atoms with Crippen molar-refractivity contribution in [2.75, 3.05) is 6.61 Å². The van der Waals surface area contributed by atoms with E-state index in [1.54, 1.807) is 17.8 Å². The lowest BCUT2D eigenvalue weighted by Crippen LogP contribution is -2.15. The number of rotatable bonds is 5. The summed E-state index contributed by atoms with van der Waals surface area (Å²) in [6.07, 6.45) is 4.02. The molecule has 3 rings (SSSR count). The summed E-state index contributed by atoms with van der Waals surface area (Å²) in [4.78, 5) is 16.3. The zero-order valence-corrected chi connectivity index (χ0v) is 13.4. The molecule has 1 aliphatic rings. The first-order valence-corrected chi connectivity index (χ1v) is 8.02. The van der Waals surface area contributed by atoms with Crippen LogP contribution in [0.5, 0.6) is 0 Å². The van der Waals surface area contributed by atoms with Gasteiger partial charge in [-0.05, 0) is 26.2 Å². The molecule has 1 N–H and O–H groups in total. The standard InChI is InChI=1S/C16H21N3O4/c1-3-10-8-17-13(23-10)9-19-15-11(6-5-7-12(15)20)14(18-19)16(21)22-4-2/h8,12,20H,3-7,9H2,1-2H3. The van der Waals surface area contributed by atoms with Gasteiger partial charge in [-0.15, -0.1) is 0 Å². The second kappa shape index (κ2) is 6.54. The summed E-state index contributed by atoms with van der Waals surface area (Å²) >= 11 is 0. The van der Waals surface area contributed by atoms with Gasteiger partial charge >= 0.3 is 5.97 Å². The number of ether oxygens (including phenoxy) is 1. The van der Waals surface area contributed by atoms with E-state index in [0.717, 1.165) is 24.2 Å². The van der Waals surface area contributed by atoms with Crippen molar-refractivity contribution in [3.8, 4) is 0 Å². The number of esters is 1. The Labute approximate surface area is 134 Å². The Hall–Kier alpha value is -2.15. The first kappa shape index (κ1) is 15.7. The molecule has 0 saturated heterocycles. The molecule has 7 heteroatoms. The largest absolute Gasteiger partial charge is 0.461 e. The molecule has 0 fully saturated rings. The highest BCUT2D eigenvalue weighted by atomic mass is 16.5. The summed E-state index contributed by atoms with van der Waals surface area (Å²) in [6, 6.07) is 0. The van der Waals surface area contributed by atoms with E-state index in [0.29, 0.717) is 43.3 Å². The molecule has 0 bridgehead atoms. The number of aryl methyl sites for hydroxylation is 1. The average Bonchev–Trinajstić information content (AvgIpc) is 3.13. The number of carbonyl (C=O) groups is 1. The molecule has 0 saturated carbocycles. The molecule has 0 spiro atoms. The van der Waals surface area contributed by atoms with E-state index in [4.69, 9.17) is 9.15 Å². The summed E-state index contributed by atoms with van der Waals surface area (Å²) < 4.78 is 12.3. The summed E-state index contributed by atoms with van der Waals surface area (Å²) in [7, 11) is 0. The minimum atomic E-state index is -0.630. The van der Waals surface area contributed by atoms with E-state index in [-0.39, 0.29) is 0 Å². The zero-order valence-electron chi connectivity index (χ0n) is 13.4. The van der Waals surface area contributed by atoms with Crippen LogP contribution in [-0.4, -0.2) is 32.4 Å². The first-order valence-electron chi connectivity index (χ1n) is 8.02. The number of fused-ring (bicyclic) bond motifs is 1. The predicted molar refractivity (Wildman–Crippen MR) is 81.1 cm³/mol. The van der Waals surface area contributed by atoms with Crippen molar-refractivity contribution in [2.45, 2.75) is 52.2 Å². The van der Waals surface area contributed by atoms with Crippen molar-refractivity contribution in [1.29, 1.82) is 0 Å². The van der Waals surface area contributed by atoms with Crippen LogP contribution in [0.2, 0.25) is 0 Å². The molecule has 124 valence electrons. The highest BCUT2D eigenvalue weighted by molar-refractivity contribution is 5.89. The topological polar surface area (TPSA) is 90.4 Å². The fraction of sp³-hybridized carbons (Fsp3) is 0.562. The van der Waals surface area contributed by atoms with Gasteiger partial charge in [0, 0.05) is 12.0 Å². The normalized spacial score (nSPS) is 17.1. The van der Waals surface area contributed by atoms with Crippen LogP contribution in [0.15, 0.2) is 10.6 Å². The molecule has 1 unspecified atom stereocenters. The minimum absolute atomic E-state index is 0.290. The van der Waals surface area contributed by atoms with Gasteiger partial charge in [-0.25, -0.2) is 9.78 Å². The molecular formula is C16H21N3O4. The Bertz CT molecular complexity index is 704. The van der Waals surface area contributed by atoms with E-state index in [1.807, 2.05) is 6.92 Å². The third-order valence-corrected chi connectivity index (χ3v) is 4.02. The SMILES string of the molecule is CCOC(=O)c1nn(Cc2ncc(CC)o2)c2c1CCCC2O. The third kappa shape index (κ3) is 3.01. The van der Waals surface area contributed by atoms with Gasteiger partial charge in [0.2, 0.25) is 5.89 Å². The predicted octanol–water partition coefficient (Wildman–Crippen LogP) is 2.03. The highest BCUT2D eigenvalue weighted by Crippen LogP contribution is 2.32. The van der Waals surface area contributed by atoms with E-state index < -0.39 is 12.1 Å². The third-order valence-electron chi connectivity index (χ3n) is 4.02. The van der Waals surface area contributed by atoms with Crippen LogP contribution < -0.4 is 0 Å². The van der Waals surface area contributed by atoms with E-state index >= 15 is 0 Å². The maximum absolute atomic E-state index is 12.1. The van der Waals surface area contributed by atoms with Crippen LogP contribution in [0.4, 0.5) is 0 Å². The molecule has 23 heavy (non-hydrogen) atoms. The van der Waals surface area contributed by atoms with Gasteiger partial charge in [0.1, 0.15) is 12.3 Å². The number of aliphatic hydroxyl groups is 1. The van der Waals surface area contributed by atoms with Crippen molar-refractivity contribution >= 4 is 5.97 Å². The van der Waals surface area contributed by atoms with Crippen molar-refractivity contribution in [3.05, 3.63) is 34.8 Å². The molecule has 0 radical (unpaired) electrons. The smallest absolute Gasteiger partial charge is 0.359 e. The summed E-state index contributed by atoms with van der Waals surface area (Å²) in [6.45, 7) is 4.33. The Morgan fingerprint density at radius 1 is 1.52 bits per heavy atom. The molecule has 1 aliphatic carbocycles.